The molecule has 2 rings (SSSR count). The largest absolute Gasteiger partial charge is 0.294 e. The molecule has 1 nitrogen and oxygen atoms in total. The third-order valence-corrected chi connectivity index (χ3v) is 4.61. The summed E-state index contributed by atoms with van der Waals surface area (Å²) in [4.78, 5) is 13.5. The number of aryl methyl sites for hydroxylation is 3. The van der Waals surface area contributed by atoms with E-state index in [0.717, 1.165) is 26.0 Å². The molecule has 0 N–H and O–H groups in total. The first kappa shape index (κ1) is 13.5. The third kappa shape index (κ3) is 2.90. The van der Waals surface area contributed by atoms with Gasteiger partial charge in [0.1, 0.15) is 0 Å². The van der Waals surface area contributed by atoms with Gasteiger partial charge in [0.05, 0.1) is 0 Å². The standard InChI is InChI=1S/C15H15BrOS/c1-9-4-10(2)15(11(3)5-9)14(17)7-13-6-12(16)8-18-13/h4-6,8H,7H2,1-3H3. The van der Waals surface area contributed by atoms with Crippen LogP contribution in [0.4, 0.5) is 0 Å². The lowest BCUT2D eigenvalue weighted by Gasteiger charge is -2.09. The Kier molecular flexibility index (Phi) is 4.03. The monoisotopic (exact) mass is 322 g/mol. The fraction of sp³-hybridized carbons (Fsp3) is 0.267. The number of hydrogen-bond donors (Lipinski definition) is 0. The number of halogens is 1. The molecule has 0 amide bonds. The van der Waals surface area contributed by atoms with E-state index in [0.29, 0.717) is 6.42 Å². The van der Waals surface area contributed by atoms with Gasteiger partial charge in [-0.1, -0.05) is 17.7 Å². The van der Waals surface area contributed by atoms with Crippen LogP contribution in [0.3, 0.4) is 0 Å². The topological polar surface area (TPSA) is 17.1 Å². The molecule has 2 aromatic rings. The molecule has 1 aromatic heterocycles. The van der Waals surface area contributed by atoms with E-state index in [9.17, 15) is 4.79 Å². The number of rotatable bonds is 3. The van der Waals surface area contributed by atoms with Gasteiger partial charge in [0.25, 0.3) is 0 Å². The first-order valence-electron chi connectivity index (χ1n) is 5.81. The van der Waals surface area contributed by atoms with Gasteiger partial charge in [0, 0.05) is 26.7 Å². The summed E-state index contributed by atoms with van der Waals surface area (Å²) in [6, 6.07) is 6.16. The molecule has 0 unspecified atom stereocenters. The lowest BCUT2D eigenvalue weighted by atomic mass is 9.95. The van der Waals surface area contributed by atoms with Crippen molar-refractivity contribution in [2.45, 2.75) is 27.2 Å². The average molecular weight is 323 g/mol. The maximum absolute atomic E-state index is 12.4. The zero-order chi connectivity index (χ0) is 13.3. The summed E-state index contributed by atoms with van der Waals surface area (Å²) in [5, 5.41) is 2.01. The van der Waals surface area contributed by atoms with Crippen molar-refractivity contribution in [2.24, 2.45) is 0 Å². The van der Waals surface area contributed by atoms with Gasteiger partial charge in [0.15, 0.2) is 5.78 Å². The number of carbonyl (C=O) groups is 1. The first-order chi connectivity index (χ1) is 8.47. The summed E-state index contributed by atoms with van der Waals surface area (Å²) in [5.74, 6) is 0.208. The maximum atomic E-state index is 12.4. The van der Waals surface area contributed by atoms with Gasteiger partial charge in [-0.05, 0) is 53.9 Å². The van der Waals surface area contributed by atoms with E-state index < -0.39 is 0 Å². The average Bonchev–Trinajstić information content (AvgIpc) is 2.62. The molecule has 18 heavy (non-hydrogen) atoms. The number of carbonyl (C=O) groups excluding carboxylic acids is 1. The van der Waals surface area contributed by atoms with Gasteiger partial charge in [-0.2, -0.15) is 0 Å². The second-order valence-electron chi connectivity index (χ2n) is 4.60. The van der Waals surface area contributed by atoms with E-state index in [2.05, 4.69) is 35.0 Å². The van der Waals surface area contributed by atoms with Gasteiger partial charge in [-0.3, -0.25) is 4.79 Å². The van der Waals surface area contributed by atoms with E-state index in [4.69, 9.17) is 0 Å². The highest BCUT2D eigenvalue weighted by Gasteiger charge is 2.14. The molecule has 3 heteroatoms. The zero-order valence-corrected chi connectivity index (χ0v) is 13.1. The van der Waals surface area contributed by atoms with E-state index in [1.54, 1.807) is 11.3 Å². The van der Waals surface area contributed by atoms with Gasteiger partial charge >= 0.3 is 0 Å². The maximum Gasteiger partial charge on any atom is 0.168 e. The molecule has 0 saturated carbocycles. The van der Waals surface area contributed by atoms with Crippen molar-refractivity contribution in [1.82, 2.24) is 0 Å². The molecule has 0 atom stereocenters. The highest BCUT2D eigenvalue weighted by molar-refractivity contribution is 9.10. The quantitative estimate of drug-likeness (QED) is 0.737. The van der Waals surface area contributed by atoms with E-state index in [1.165, 1.54) is 5.56 Å². The molecule has 0 aliphatic rings. The lowest BCUT2D eigenvalue weighted by Crippen LogP contribution is -2.07. The van der Waals surface area contributed by atoms with Crippen LogP contribution < -0.4 is 0 Å². The Bertz CT molecular complexity index is 575. The molecule has 0 fully saturated rings. The highest BCUT2D eigenvalue weighted by Crippen LogP contribution is 2.23. The van der Waals surface area contributed by atoms with Crippen LogP contribution in [0, 0.1) is 20.8 Å². The number of ketones is 1. The normalized spacial score (nSPS) is 10.7. The Morgan fingerprint density at radius 1 is 1.17 bits per heavy atom. The predicted molar refractivity (Wildman–Crippen MR) is 80.7 cm³/mol. The van der Waals surface area contributed by atoms with Gasteiger partial charge in [-0.15, -0.1) is 11.3 Å². The fourth-order valence-corrected chi connectivity index (χ4v) is 3.76. The summed E-state index contributed by atoms with van der Waals surface area (Å²) in [6.07, 6.45) is 0.487. The fourth-order valence-electron chi connectivity index (χ4n) is 2.31. The van der Waals surface area contributed by atoms with Crippen LogP contribution in [0.5, 0.6) is 0 Å². The Morgan fingerprint density at radius 2 is 1.78 bits per heavy atom. The molecular formula is C15H15BrOS. The van der Waals surface area contributed by atoms with Crippen LogP contribution in [0.1, 0.15) is 31.9 Å². The van der Waals surface area contributed by atoms with Crippen molar-refractivity contribution >= 4 is 33.0 Å². The van der Waals surface area contributed by atoms with Crippen LogP contribution in [-0.4, -0.2) is 5.78 Å². The molecule has 0 aliphatic heterocycles. The molecule has 0 radical (unpaired) electrons. The Labute approximate surface area is 120 Å². The summed E-state index contributed by atoms with van der Waals surface area (Å²) >= 11 is 5.04. The van der Waals surface area contributed by atoms with Crippen LogP contribution in [-0.2, 0) is 6.42 Å². The lowest BCUT2D eigenvalue weighted by molar-refractivity contribution is 0.0992. The van der Waals surface area contributed by atoms with Gasteiger partial charge in [0.2, 0.25) is 0 Å². The molecular weight excluding hydrogens is 308 g/mol. The van der Waals surface area contributed by atoms with Crippen LogP contribution in [0.25, 0.3) is 0 Å². The number of benzene rings is 1. The van der Waals surface area contributed by atoms with Crippen molar-refractivity contribution in [3.05, 3.63) is 55.2 Å². The second kappa shape index (κ2) is 5.37. The van der Waals surface area contributed by atoms with E-state index >= 15 is 0 Å². The molecule has 1 heterocycles. The van der Waals surface area contributed by atoms with Crippen LogP contribution in [0.2, 0.25) is 0 Å². The summed E-state index contributed by atoms with van der Waals surface area (Å²) in [6.45, 7) is 6.08. The SMILES string of the molecule is Cc1cc(C)c(C(=O)Cc2cc(Br)cs2)c(C)c1. The second-order valence-corrected chi connectivity index (χ2v) is 6.52. The molecule has 0 saturated heterocycles. The Balaban J connectivity index is 2.29. The number of thiophene rings is 1. The van der Waals surface area contributed by atoms with E-state index in [-0.39, 0.29) is 5.78 Å². The van der Waals surface area contributed by atoms with Crippen molar-refractivity contribution in [3.63, 3.8) is 0 Å². The summed E-state index contributed by atoms with van der Waals surface area (Å²) < 4.78 is 1.05. The third-order valence-electron chi connectivity index (χ3n) is 2.91. The highest BCUT2D eigenvalue weighted by atomic mass is 79.9. The van der Waals surface area contributed by atoms with Gasteiger partial charge in [-0.25, -0.2) is 0 Å². The molecule has 0 bridgehead atoms. The van der Waals surface area contributed by atoms with Crippen molar-refractivity contribution in [1.29, 1.82) is 0 Å². The van der Waals surface area contributed by atoms with E-state index in [1.807, 2.05) is 25.3 Å². The van der Waals surface area contributed by atoms with Crippen LogP contribution >= 0.6 is 27.3 Å². The number of hydrogen-bond acceptors (Lipinski definition) is 2. The predicted octanol–water partition coefficient (Wildman–Crippen LogP) is 4.86. The number of Topliss-reactive ketones (excluding diaryl/α,β-unsaturated/α-hetero) is 1. The molecule has 1 aromatic carbocycles. The van der Waals surface area contributed by atoms with Crippen molar-refractivity contribution < 1.29 is 4.79 Å². The smallest absolute Gasteiger partial charge is 0.168 e. The Hall–Kier alpha value is -0.930. The van der Waals surface area contributed by atoms with Crippen molar-refractivity contribution in [3.8, 4) is 0 Å². The zero-order valence-electron chi connectivity index (χ0n) is 10.7. The minimum atomic E-state index is 0.208. The Morgan fingerprint density at radius 3 is 2.28 bits per heavy atom. The molecule has 0 spiro atoms. The molecule has 94 valence electrons. The summed E-state index contributed by atoms with van der Waals surface area (Å²) in [7, 11) is 0. The minimum Gasteiger partial charge on any atom is -0.294 e. The van der Waals surface area contributed by atoms with Crippen molar-refractivity contribution in [2.75, 3.05) is 0 Å². The van der Waals surface area contributed by atoms with Gasteiger partial charge < -0.3 is 0 Å². The van der Waals surface area contributed by atoms with Crippen LogP contribution in [0.15, 0.2) is 28.1 Å². The first-order valence-corrected chi connectivity index (χ1v) is 7.48. The minimum absolute atomic E-state index is 0.208. The molecule has 0 aliphatic carbocycles. The summed E-state index contributed by atoms with van der Waals surface area (Å²) in [5.41, 5.74) is 4.24.